The maximum absolute atomic E-state index is 12.4. The van der Waals surface area contributed by atoms with Crippen LogP contribution in [0.15, 0.2) is 50.9 Å². The van der Waals surface area contributed by atoms with E-state index in [1.165, 1.54) is 29.6 Å². The van der Waals surface area contributed by atoms with E-state index in [0.29, 0.717) is 11.1 Å². The van der Waals surface area contributed by atoms with E-state index in [1.54, 1.807) is 0 Å². The van der Waals surface area contributed by atoms with Crippen LogP contribution in [0.5, 0.6) is 0 Å². The molecule has 1 aromatic heterocycles. The number of thiophene rings is 1. The first-order valence-electron chi connectivity index (χ1n) is 5.99. The predicted molar refractivity (Wildman–Crippen MR) is 84.5 cm³/mol. The molecule has 1 heterocycles. The van der Waals surface area contributed by atoms with Crippen molar-refractivity contribution in [2.24, 2.45) is 0 Å². The number of aliphatic hydroxyl groups excluding tert-OH is 1. The number of benzene rings is 1. The molecule has 2 N–H and O–H groups in total. The lowest BCUT2D eigenvalue weighted by Crippen LogP contribution is -2.09. The Labute approximate surface area is 140 Å². The summed E-state index contributed by atoms with van der Waals surface area (Å²) in [6.07, 6.45) is 0.517. The van der Waals surface area contributed by atoms with Gasteiger partial charge in [0.2, 0.25) is 9.84 Å². The lowest BCUT2D eigenvalue weighted by molar-refractivity contribution is -0.146. The molecule has 0 spiro atoms. The van der Waals surface area contributed by atoms with Crippen LogP contribution < -0.4 is 0 Å². The summed E-state index contributed by atoms with van der Waals surface area (Å²) < 4.78 is 24.8. The first-order chi connectivity index (χ1) is 10.7. The van der Waals surface area contributed by atoms with E-state index in [9.17, 15) is 23.1 Å². The summed E-state index contributed by atoms with van der Waals surface area (Å²) in [5, 5.41) is 19.9. The SMILES string of the molecule is O=C(O)C(=O)C=C(O)c1csc(S(=O)(=O)c2ccc(Cl)cc2)c1. The Hall–Kier alpha value is -2.16. The number of aliphatic carboxylic acids is 1. The van der Waals surface area contributed by atoms with Crippen LogP contribution in [0.2, 0.25) is 5.02 Å². The number of carbonyl (C=O) groups is 2. The monoisotopic (exact) mass is 372 g/mol. The Morgan fingerprint density at radius 3 is 2.30 bits per heavy atom. The number of hydrogen-bond acceptors (Lipinski definition) is 6. The van der Waals surface area contributed by atoms with Crippen LogP contribution in [0.4, 0.5) is 0 Å². The number of aliphatic hydroxyl groups is 1. The molecular formula is C14H9ClO6S2. The molecule has 120 valence electrons. The van der Waals surface area contributed by atoms with Gasteiger partial charge in [-0.05, 0) is 30.3 Å². The molecule has 2 aromatic rings. The number of ketones is 1. The number of carboxylic acid groups (broad SMARTS) is 1. The molecule has 0 unspecified atom stereocenters. The fourth-order valence-electron chi connectivity index (χ4n) is 1.59. The highest BCUT2D eigenvalue weighted by atomic mass is 35.5. The second-order valence-electron chi connectivity index (χ2n) is 4.31. The molecular weight excluding hydrogens is 364 g/mol. The van der Waals surface area contributed by atoms with Gasteiger partial charge in [0.05, 0.1) is 4.90 Å². The standard InChI is InChI=1S/C14H9ClO6S2/c15-9-1-3-10(4-2-9)23(20,21)13-5-8(7-22-13)11(16)6-12(17)14(18)19/h1-7,16H,(H,18,19). The number of hydrogen-bond donors (Lipinski definition) is 2. The number of sulfone groups is 1. The minimum atomic E-state index is -3.79. The van der Waals surface area contributed by atoms with E-state index in [4.69, 9.17) is 16.7 Å². The Morgan fingerprint density at radius 2 is 1.74 bits per heavy atom. The molecule has 0 fully saturated rings. The first-order valence-corrected chi connectivity index (χ1v) is 8.73. The molecule has 0 bridgehead atoms. The fraction of sp³-hybridized carbons (Fsp3) is 0. The van der Waals surface area contributed by atoms with Gasteiger partial charge in [0.15, 0.2) is 0 Å². The van der Waals surface area contributed by atoms with Crippen molar-refractivity contribution in [1.29, 1.82) is 0 Å². The van der Waals surface area contributed by atoms with Crippen molar-refractivity contribution in [2.45, 2.75) is 9.10 Å². The zero-order chi connectivity index (χ0) is 17.2. The quantitative estimate of drug-likeness (QED) is 0.474. The largest absolute Gasteiger partial charge is 0.507 e. The van der Waals surface area contributed by atoms with E-state index in [1.807, 2.05) is 0 Å². The lowest BCUT2D eigenvalue weighted by Gasteiger charge is -2.01. The van der Waals surface area contributed by atoms with Crippen molar-refractivity contribution in [3.05, 3.63) is 52.4 Å². The minimum absolute atomic E-state index is 0.0281. The second-order valence-corrected chi connectivity index (χ2v) is 7.83. The molecule has 6 nitrogen and oxygen atoms in total. The zero-order valence-electron chi connectivity index (χ0n) is 11.3. The van der Waals surface area contributed by atoms with Gasteiger partial charge in [0.1, 0.15) is 9.97 Å². The molecule has 0 saturated heterocycles. The third kappa shape index (κ3) is 3.79. The van der Waals surface area contributed by atoms with Gasteiger partial charge in [-0.3, -0.25) is 4.79 Å². The maximum Gasteiger partial charge on any atom is 0.376 e. The summed E-state index contributed by atoms with van der Waals surface area (Å²) in [6, 6.07) is 6.73. The molecule has 23 heavy (non-hydrogen) atoms. The Bertz CT molecular complexity index is 894. The summed E-state index contributed by atoms with van der Waals surface area (Å²) in [6.45, 7) is 0. The molecule has 9 heteroatoms. The van der Waals surface area contributed by atoms with Crippen LogP contribution in [0.3, 0.4) is 0 Å². The average molecular weight is 373 g/mol. The van der Waals surface area contributed by atoms with E-state index >= 15 is 0 Å². The van der Waals surface area contributed by atoms with Crippen molar-refractivity contribution >= 4 is 50.3 Å². The summed E-state index contributed by atoms with van der Waals surface area (Å²) >= 11 is 6.55. The number of carbonyl (C=O) groups excluding carboxylic acids is 1. The van der Waals surface area contributed by atoms with Crippen LogP contribution in [0, 0.1) is 0 Å². The summed E-state index contributed by atoms with van der Waals surface area (Å²) in [5.41, 5.74) is 0.0390. The predicted octanol–water partition coefficient (Wildman–Crippen LogP) is 2.79. The molecule has 2 rings (SSSR count). The van der Waals surface area contributed by atoms with Gasteiger partial charge in [-0.25, -0.2) is 13.2 Å². The van der Waals surface area contributed by atoms with Crippen LogP contribution in [0.1, 0.15) is 5.56 Å². The highest BCUT2D eigenvalue weighted by molar-refractivity contribution is 7.93. The summed E-state index contributed by atoms with van der Waals surface area (Å²) in [7, 11) is -3.79. The molecule has 1 aromatic carbocycles. The van der Waals surface area contributed by atoms with E-state index < -0.39 is 27.3 Å². The van der Waals surface area contributed by atoms with Crippen molar-refractivity contribution in [1.82, 2.24) is 0 Å². The highest BCUT2D eigenvalue weighted by Crippen LogP contribution is 2.29. The van der Waals surface area contributed by atoms with Crippen LogP contribution in [-0.4, -0.2) is 30.4 Å². The third-order valence-corrected chi connectivity index (χ3v) is 6.20. The lowest BCUT2D eigenvalue weighted by atomic mass is 10.2. The highest BCUT2D eigenvalue weighted by Gasteiger charge is 2.21. The molecule has 0 atom stereocenters. The molecule has 0 aliphatic rings. The zero-order valence-corrected chi connectivity index (χ0v) is 13.7. The van der Waals surface area contributed by atoms with Gasteiger partial charge in [0.25, 0.3) is 5.78 Å². The minimum Gasteiger partial charge on any atom is -0.507 e. The first kappa shape index (κ1) is 17.2. The molecule has 0 saturated carbocycles. The third-order valence-electron chi connectivity index (χ3n) is 2.74. The van der Waals surface area contributed by atoms with E-state index in [2.05, 4.69) is 0 Å². The van der Waals surface area contributed by atoms with E-state index in [-0.39, 0.29) is 14.7 Å². The molecule has 0 aliphatic heterocycles. The maximum atomic E-state index is 12.4. The Morgan fingerprint density at radius 1 is 1.13 bits per heavy atom. The van der Waals surface area contributed by atoms with Crippen LogP contribution in [0.25, 0.3) is 5.76 Å². The topological polar surface area (TPSA) is 109 Å². The number of carboxylic acids is 1. The van der Waals surface area contributed by atoms with Crippen LogP contribution in [-0.2, 0) is 19.4 Å². The molecule has 0 amide bonds. The van der Waals surface area contributed by atoms with Gasteiger partial charge >= 0.3 is 5.97 Å². The average Bonchev–Trinajstić information content (AvgIpc) is 2.98. The van der Waals surface area contributed by atoms with Gasteiger partial charge in [-0.15, -0.1) is 11.3 Å². The van der Waals surface area contributed by atoms with Crippen molar-refractivity contribution < 1.29 is 28.2 Å². The van der Waals surface area contributed by atoms with Crippen molar-refractivity contribution in [3.63, 3.8) is 0 Å². The summed E-state index contributed by atoms with van der Waals surface area (Å²) in [5.74, 6) is -3.65. The van der Waals surface area contributed by atoms with Gasteiger partial charge in [0, 0.05) is 22.0 Å². The van der Waals surface area contributed by atoms with Crippen LogP contribution >= 0.6 is 22.9 Å². The molecule has 0 radical (unpaired) electrons. The van der Waals surface area contributed by atoms with Gasteiger partial charge in [-0.1, -0.05) is 11.6 Å². The number of rotatable bonds is 5. The normalized spacial score (nSPS) is 12.1. The fourth-order valence-corrected chi connectivity index (χ4v) is 4.29. The van der Waals surface area contributed by atoms with Crippen molar-refractivity contribution in [3.8, 4) is 0 Å². The summed E-state index contributed by atoms with van der Waals surface area (Å²) in [4.78, 5) is 21.5. The number of halogens is 1. The van der Waals surface area contributed by atoms with E-state index in [0.717, 1.165) is 17.4 Å². The Balaban J connectivity index is 2.37. The smallest absolute Gasteiger partial charge is 0.376 e. The second kappa shape index (κ2) is 6.53. The molecule has 0 aliphatic carbocycles. The van der Waals surface area contributed by atoms with Gasteiger partial charge < -0.3 is 10.2 Å². The van der Waals surface area contributed by atoms with Gasteiger partial charge in [-0.2, -0.15) is 0 Å². The Kier molecular flexibility index (Phi) is 4.88. The van der Waals surface area contributed by atoms with Crippen molar-refractivity contribution in [2.75, 3.05) is 0 Å².